The van der Waals surface area contributed by atoms with Crippen LogP contribution in [0.5, 0.6) is 0 Å². The molecule has 0 bridgehead atoms. The minimum atomic E-state index is -1.13. The Morgan fingerprint density at radius 2 is 2.05 bits per heavy atom. The fourth-order valence-corrected chi connectivity index (χ4v) is 2.29. The van der Waals surface area contributed by atoms with Crippen molar-refractivity contribution in [1.82, 2.24) is 20.0 Å². The van der Waals surface area contributed by atoms with Gasteiger partial charge in [0.15, 0.2) is 0 Å². The van der Waals surface area contributed by atoms with Crippen molar-refractivity contribution in [2.45, 2.75) is 39.8 Å². The molecule has 2 rings (SSSR count). The zero-order chi connectivity index (χ0) is 15.9. The number of nitrogen functional groups attached to an aromatic ring is 1. The van der Waals surface area contributed by atoms with Gasteiger partial charge in [-0.3, -0.25) is 24.4 Å². The molecule has 3 amide bonds. The molecule has 1 fully saturated rings. The van der Waals surface area contributed by atoms with E-state index in [-0.39, 0.29) is 17.9 Å². The Morgan fingerprint density at radius 1 is 1.43 bits per heavy atom. The molecule has 1 aromatic rings. The van der Waals surface area contributed by atoms with Crippen LogP contribution in [-0.4, -0.2) is 44.5 Å². The Bertz CT molecular complexity index is 632. The van der Waals surface area contributed by atoms with Gasteiger partial charge in [0.05, 0.1) is 11.4 Å². The minimum Gasteiger partial charge on any atom is -0.395 e. The molecule has 0 aliphatic carbocycles. The van der Waals surface area contributed by atoms with Gasteiger partial charge in [-0.15, -0.1) is 0 Å². The van der Waals surface area contributed by atoms with E-state index >= 15 is 0 Å². The molecule has 2 heterocycles. The fourth-order valence-electron chi connectivity index (χ4n) is 2.29. The van der Waals surface area contributed by atoms with Crippen molar-refractivity contribution in [1.29, 1.82) is 0 Å². The maximum atomic E-state index is 12.8. The lowest BCUT2D eigenvalue weighted by Gasteiger charge is -2.40. The molecule has 1 aliphatic rings. The van der Waals surface area contributed by atoms with Gasteiger partial charge >= 0.3 is 0 Å². The zero-order valence-electron chi connectivity index (χ0n) is 12.6. The summed E-state index contributed by atoms with van der Waals surface area (Å²) in [6.45, 7) is 6.99. The normalized spacial score (nSPS) is 17.8. The molecule has 8 heteroatoms. The summed E-state index contributed by atoms with van der Waals surface area (Å²) in [7, 11) is 0. The molecule has 0 spiro atoms. The predicted molar refractivity (Wildman–Crippen MR) is 75.3 cm³/mol. The van der Waals surface area contributed by atoms with Crippen molar-refractivity contribution in [3.63, 3.8) is 0 Å². The topological polar surface area (TPSA) is 110 Å². The molecular formula is C13H19N5O3. The first-order valence-corrected chi connectivity index (χ1v) is 6.69. The number of amides is 3. The van der Waals surface area contributed by atoms with E-state index in [0.717, 1.165) is 0 Å². The number of rotatable bonds is 2. The molecule has 1 aliphatic heterocycles. The summed E-state index contributed by atoms with van der Waals surface area (Å²) in [6.07, 6.45) is 0. The first kappa shape index (κ1) is 15.0. The molecule has 1 saturated heterocycles. The third kappa shape index (κ3) is 2.26. The molecule has 0 aromatic carbocycles. The van der Waals surface area contributed by atoms with Crippen molar-refractivity contribution in [2.24, 2.45) is 0 Å². The number of aromatic nitrogens is 2. The van der Waals surface area contributed by atoms with Crippen LogP contribution >= 0.6 is 0 Å². The number of nitrogens with two attached hydrogens (primary N) is 1. The molecular weight excluding hydrogens is 274 g/mol. The second-order valence-electron chi connectivity index (χ2n) is 5.49. The molecule has 21 heavy (non-hydrogen) atoms. The Morgan fingerprint density at radius 3 is 2.62 bits per heavy atom. The molecule has 0 unspecified atom stereocenters. The van der Waals surface area contributed by atoms with Gasteiger partial charge in [0.2, 0.25) is 5.91 Å². The molecule has 8 nitrogen and oxygen atoms in total. The van der Waals surface area contributed by atoms with E-state index < -0.39 is 23.3 Å². The average Bonchev–Trinajstić information content (AvgIpc) is 2.69. The maximum absolute atomic E-state index is 12.8. The Kier molecular flexibility index (Phi) is 3.48. The third-order valence-electron chi connectivity index (χ3n) is 3.71. The molecule has 0 saturated carbocycles. The van der Waals surface area contributed by atoms with Crippen LogP contribution in [0.1, 0.15) is 37.0 Å². The van der Waals surface area contributed by atoms with Crippen LogP contribution in [0, 0.1) is 6.92 Å². The molecule has 114 valence electrons. The van der Waals surface area contributed by atoms with Gasteiger partial charge < -0.3 is 10.6 Å². The van der Waals surface area contributed by atoms with E-state index in [2.05, 4.69) is 10.4 Å². The highest BCUT2D eigenvalue weighted by Crippen LogP contribution is 2.25. The van der Waals surface area contributed by atoms with E-state index in [1.165, 1.54) is 9.58 Å². The van der Waals surface area contributed by atoms with E-state index in [9.17, 15) is 14.4 Å². The molecule has 0 radical (unpaired) electrons. The lowest BCUT2D eigenvalue weighted by Crippen LogP contribution is -2.65. The quantitative estimate of drug-likeness (QED) is 0.725. The van der Waals surface area contributed by atoms with E-state index in [0.29, 0.717) is 12.2 Å². The highest BCUT2D eigenvalue weighted by molar-refractivity contribution is 6.09. The highest BCUT2D eigenvalue weighted by atomic mass is 16.2. The number of nitrogens with zero attached hydrogens (tertiary/aromatic N) is 3. The van der Waals surface area contributed by atoms with Gasteiger partial charge in [-0.25, -0.2) is 0 Å². The Labute approximate surface area is 122 Å². The number of aryl methyl sites for hydroxylation is 2. The van der Waals surface area contributed by atoms with E-state index in [4.69, 9.17) is 5.73 Å². The lowest BCUT2D eigenvalue weighted by molar-refractivity contribution is -0.143. The number of nitrogens with one attached hydrogen (secondary N) is 1. The van der Waals surface area contributed by atoms with Gasteiger partial charge in [0, 0.05) is 6.54 Å². The predicted octanol–water partition coefficient (Wildman–Crippen LogP) is -0.329. The zero-order valence-corrected chi connectivity index (χ0v) is 12.6. The largest absolute Gasteiger partial charge is 0.395 e. The van der Waals surface area contributed by atoms with Crippen molar-refractivity contribution in [3.05, 3.63) is 11.4 Å². The first-order valence-electron chi connectivity index (χ1n) is 6.69. The smallest absolute Gasteiger partial charge is 0.275 e. The number of anilines is 1. The summed E-state index contributed by atoms with van der Waals surface area (Å²) in [5, 5.41) is 6.42. The fraction of sp³-hybridized carbons (Fsp3) is 0.538. The van der Waals surface area contributed by atoms with Gasteiger partial charge in [-0.05, 0) is 27.7 Å². The molecule has 0 atom stereocenters. The Hall–Kier alpha value is -2.38. The lowest BCUT2D eigenvalue weighted by atomic mass is 9.98. The summed E-state index contributed by atoms with van der Waals surface area (Å²) in [5.41, 5.74) is 5.83. The second kappa shape index (κ2) is 4.87. The van der Waals surface area contributed by atoms with Gasteiger partial charge in [-0.2, -0.15) is 5.10 Å². The average molecular weight is 293 g/mol. The van der Waals surface area contributed by atoms with E-state index in [1.807, 2.05) is 6.92 Å². The molecule has 1 aromatic heterocycles. The molecule has 3 N–H and O–H groups in total. The number of imide groups is 1. The number of carbonyl (C=O) groups excluding carboxylic acids is 3. The van der Waals surface area contributed by atoms with Crippen molar-refractivity contribution < 1.29 is 14.4 Å². The van der Waals surface area contributed by atoms with Crippen molar-refractivity contribution in [2.75, 3.05) is 12.3 Å². The van der Waals surface area contributed by atoms with Crippen LogP contribution in [-0.2, 0) is 16.1 Å². The monoisotopic (exact) mass is 293 g/mol. The summed E-state index contributed by atoms with van der Waals surface area (Å²) in [6, 6.07) is 0. The minimum absolute atomic E-state index is 0.190. The number of piperazine rings is 1. The standard InChI is InChI=1S/C13H19N5O3/c1-5-18-10(9(14)7(2)16-18)11(20)17-6-8(19)15-12(21)13(17,3)4/h5-6,14H2,1-4H3,(H,15,19,21). The van der Waals surface area contributed by atoms with Crippen LogP contribution in [0.4, 0.5) is 5.69 Å². The second-order valence-corrected chi connectivity index (χ2v) is 5.49. The number of hydrogen-bond acceptors (Lipinski definition) is 5. The Balaban J connectivity index is 2.48. The van der Waals surface area contributed by atoms with E-state index in [1.54, 1.807) is 20.8 Å². The summed E-state index contributed by atoms with van der Waals surface area (Å²) < 4.78 is 1.49. The summed E-state index contributed by atoms with van der Waals surface area (Å²) in [5.74, 6) is -1.49. The van der Waals surface area contributed by atoms with Gasteiger partial charge in [-0.1, -0.05) is 0 Å². The van der Waals surface area contributed by atoms with Crippen molar-refractivity contribution >= 4 is 23.4 Å². The maximum Gasteiger partial charge on any atom is 0.275 e. The number of hydrogen-bond donors (Lipinski definition) is 2. The first-order chi connectivity index (χ1) is 9.70. The van der Waals surface area contributed by atoms with Gasteiger partial charge in [0.25, 0.3) is 11.8 Å². The van der Waals surface area contributed by atoms with Crippen LogP contribution in [0.15, 0.2) is 0 Å². The summed E-state index contributed by atoms with van der Waals surface area (Å²) >= 11 is 0. The SMILES string of the molecule is CCn1nc(C)c(N)c1C(=O)N1CC(=O)NC(=O)C1(C)C. The summed E-state index contributed by atoms with van der Waals surface area (Å²) in [4.78, 5) is 37.5. The van der Waals surface area contributed by atoms with Crippen LogP contribution < -0.4 is 11.1 Å². The van der Waals surface area contributed by atoms with Crippen LogP contribution in [0.25, 0.3) is 0 Å². The third-order valence-corrected chi connectivity index (χ3v) is 3.71. The van der Waals surface area contributed by atoms with Gasteiger partial charge in [0.1, 0.15) is 17.8 Å². The van der Waals surface area contributed by atoms with Crippen LogP contribution in [0.2, 0.25) is 0 Å². The number of carbonyl (C=O) groups is 3. The van der Waals surface area contributed by atoms with Crippen molar-refractivity contribution in [3.8, 4) is 0 Å². The highest BCUT2D eigenvalue weighted by Gasteiger charge is 2.45. The van der Waals surface area contributed by atoms with Crippen LogP contribution in [0.3, 0.4) is 0 Å².